The molecule has 1 aromatic carbocycles. The molecule has 1 N–H and O–H groups in total. The first kappa shape index (κ1) is 18.2. The molecule has 1 aromatic rings. The molecule has 0 saturated carbocycles. The molecule has 7 heteroatoms. The topological polar surface area (TPSA) is 87.2 Å². The number of carbonyl (C=O) groups excluding carboxylic acids is 2. The Labute approximate surface area is 152 Å². The van der Waals surface area contributed by atoms with Gasteiger partial charge in [-0.25, -0.2) is 0 Å². The Hall–Kier alpha value is -2.57. The average molecular weight is 360 g/mol. The molecule has 2 heterocycles. The first-order chi connectivity index (χ1) is 12.5. The fourth-order valence-electron chi connectivity index (χ4n) is 3.67. The third kappa shape index (κ3) is 3.81. The number of rotatable bonds is 4. The van der Waals surface area contributed by atoms with Crippen molar-refractivity contribution in [2.45, 2.75) is 19.3 Å². The van der Waals surface area contributed by atoms with Gasteiger partial charge >= 0.3 is 5.97 Å². The van der Waals surface area contributed by atoms with E-state index in [9.17, 15) is 14.4 Å². The first-order valence-electron chi connectivity index (χ1n) is 8.94. The number of hydrogen-bond donors (Lipinski definition) is 1. The second-order valence-electron chi connectivity index (χ2n) is 6.90. The van der Waals surface area contributed by atoms with Crippen LogP contribution in [0, 0.1) is 11.8 Å². The molecule has 7 nitrogen and oxygen atoms in total. The highest BCUT2D eigenvalue weighted by Gasteiger charge is 2.35. The van der Waals surface area contributed by atoms with Crippen LogP contribution in [0.4, 0.5) is 0 Å². The van der Waals surface area contributed by atoms with E-state index in [0.29, 0.717) is 56.8 Å². The van der Waals surface area contributed by atoms with Gasteiger partial charge in [0, 0.05) is 37.7 Å². The molecule has 140 valence electrons. The number of carbonyl (C=O) groups is 3. The molecule has 2 fully saturated rings. The van der Waals surface area contributed by atoms with Crippen molar-refractivity contribution in [1.29, 1.82) is 0 Å². The Kier molecular flexibility index (Phi) is 5.44. The summed E-state index contributed by atoms with van der Waals surface area (Å²) in [6, 6.07) is 7.01. The van der Waals surface area contributed by atoms with Crippen LogP contribution in [0.5, 0.6) is 5.75 Å². The predicted molar refractivity (Wildman–Crippen MR) is 93.9 cm³/mol. The van der Waals surface area contributed by atoms with Crippen molar-refractivity contribution in [1.82, 2.24) is 9.80 Å². The van der Waals surface area contributed by atoms with Crippen LogP contribution in [-0.2, 0) is 9.59 Å². The Bertz CT molecular complexity index is 680. The Morgan fingerprint density at radius 3 is 2.08 bits per heavy atom. The van der Waals surface area contributed by atoms with Gasteiger partial charge in [-0.1, -0.05) is 0 Å². The zero-order chi connectivity index (χ0) is 18.7. The molecule has 0 aromatic heterocycles. The van der Waals surface area contributed by atoms with Crippen LogP contribution in [0.2, 0.25) is 0 Å². The summed E-state index contributed by atoms with van der Waals surface area (Å²) in [7, 11) is 1.58. The number of hydrogen-bond acceptors (Lipinski definition) is 4. The van der Waals surface area contributed by atoms with Crippen LogP contribution in [-0.4, -0.2) is 66.0 Å². The second kappa shape index (κ2) is 7.76. The lowest BCUT2D eigenvalue weighted by atomic mass is 9.95. The highest BCUT2D eigenvalue weighted by molar-refractivity contribution is 5.94. The number of ether oxygens (including phenoxy) is 1. The summed E-state index contributed by atoms with van der Waals surface area (Å²) in [4.78, 5) is 39.7. The molecule has 2 saturated heterocycles. The van der Waals surface area contributed by atoms with Crippen molar-refractivity contribution < 1.29 is 24.2 Å². The van der Waals surface area contributed by atoms with Crippen LogP contribution >= 0.6 is 0 Å². The second-order valence-corrected chi connectivity index (χ2v) is 6.90. The summed E-state index contributed by atoms with van der Waals surface area (Å²) in [6.45, 7) is 1.90. The maximum atomic E-state index is 12.6. The third-order valence-corrected chi connectivity index (χ3v) is 5.32. The quantitative estimate of drug-likeness (QED) is 0.879. The largest absolute Gasteiger partial charge is 0.497 e. The molecule has 3 rings (SSSR count). The Morgan fingerprint density at radius 2 is 1.54 bits per heavy atom. The van der Waals surface area contributed by atoms with Crippen LogP contribution in [0.25, 0.3) is 0 Å². The molecule has 0 aliphatic carbocycles. The van der Waals surface area contributed by atoms with E-state index >= 15 is 0 Å². The minimum atomic E-state index is -0.833. The van der Waals surface area contributed by atoms with E-state index in [-0.39, 0.29) is 17.7 Å². The van der Waals surface area contributed by atoms with Gasteiger partial charge in [-0.3, -0.25) is 14.4 Å². The van der Waals surface area contributed by atoms with E-state index < -0.39 is 11.9 Å². The van der Waals surface area contributed by atoms with Gasteiger partial charge < -0.3 is 19.6 Å². The number of carboxylic acids is 1. The number of aliphatic carboxylic acids is 1. The van der Waals surface area contributed by atoms with Gasteiger partial charge in [-0.05, 0) is 43.5 Å². The smallest absolute Gasteiger partial charge is 0.308 e. The monoisotopic (exact) mass is 360 g/mol. The lowest BCUT2D eigenvalue weighted by molar-refractivity contribution is -0.141. The molecule has 0 radical (unpaired) electrons. The number of amides is 2. The van der Waals surface area contributed by atoms with E-state index in [1.54, 1.807) is 41.2 Å². The van der Waals surface area contributed by atoms with Crippen LogP contribution in [0.15, 0.2) is 24.3 Å². The molecule has 2 aliphatic heterocycles. The van der Waals surface area contributed by atoms with E-state index in [1.807, 2.05) is 0 Å². The van der Waals surface area contributed by atoms with Gasteiger partial charge in [0.2, 0.25) is 5.91 Å². The normalized spacial score (nSPS) is 20.9. The third-order valence-electron chi connectivity index (χ3n) is 5.32. The molecule has 0 spiro atoms. The van der Waals surface area contributed by atoms with E-state index in [0.717, 1.165) is 0 Å². The van der Waals surface area contributed by atoms with E-state index in [1.165, 1.54) is 0 Å². The standard InChI is InChI=1S/C19H24N2O5/c1-26-16-4-2-13(3-5-16)17(22)20-9-6-14(7-10-20)18(23)21-11-8-15(12-21)19(24)25/h2-5,14-15H,6-12H2,1H3,(H,24,25)/t15-/m0/s1. The maximum Gasteiger partial charge on any atom is 0.308 e. The van der Waals surface area contributed by atoms with Crippen molar-refractivity contribution >= 4 is 17.8 Å². The van der Waals surface area contributed by atoms with Crippen molar-refractivity contribution in [2.75, 3.05) is 33.3 Å². The number of piperidine rings is 1. The fraction of sp³-hybridized carbons (Fsp3) is 0.526. The van der Waals surface area contributed by atoms with Crippen molar-refractivity contribution in [2.24, 2.45) is 11.8 Å². The van der Waals surface area contributed by atoms with Crippen molar-refractivity contribution in [3.05, 3.63) is 29.8 Å². The first-order valence-corrected chi connectivity index (χ1v) is 8.94. The summed E-state index contributed by atoms with van der Waals surface area (Å²) in [5.74, 6) is -0.703. The number of carboxylic acid groups (broad SMARTS) is 1. The lowest BCUT2D eigenvalue weighted by Gasteiger charge is -2.33. The number of methoxy groups -OCH3 is 1. The lowest BCUT2D eigenvalue weighted by Crippen LogP contribution is -2.44. The molecule has 26 heavy (non-hydrogen) atoms. The van der Waals surface area contributed by atoms with E-state index in [4.69, 9.17) is 9.84 Å². The summed E-state index contributed by atoms with van der Waals surface area (Å²) in [6.07, 6.45) is 1.76. The number of likely N-dealkylation sites (tertiary alicyclic amines) is 2. The van der Waals surface area contributed by atoms with Gasteiger partial charge in [0.15, 0.2) is 0 Å². The van der Waals surface area contributed by atoms with Gasteiger partial charge in [0.1, 0.15) is 5.75 Å². The number of benzene rings is 1. The molecule has 1 atom stereocenters. The van der Waals surface area contributed by atoms with Crippen LogP contribution in [0.3, 0.4) is 0 Å². The van der Waals surface area contributed by atoms with Crippen molar-refractivity contribution in [3.63, 3.8) is 0 Å². The minimum Gasteiger partial charge on any atom is -0.497 e. The van der Waals surface area contributed by atoms with Crippen LogP contribution in [0.1, 0.15) is 29.6 Å². The molecule has 2 aliphatic rings. The zero-order valence-corrected chi connectivity index (χ0v) is 14.9. The van der Waals surface area contributed by atoms with Gasteiger partial charge in [-0.15, -0.1) is 0 Å². The SMILES string of the molecule is COc1ccc(C(=O)N2CCC(C(=O)N3CC[C@H](C(=O)O)C3)CC2)cc1. The highest BCUT2D eigenvalue weighted by Crippen LogP contribution is 2.25. The van der Waals surface area contributed by atoms with E-state index in [2.05, 4.69) is 0 Å². The van der Waals surface area contributed by atoms with Gasteiger partial charge in [-0.2, -0.15) is 0 Å². The fourth-order valence-corrected chi connectivity index (χ4v) is 3.67. The summed E-state index contributed by atoms with van der Waals surface area (Å²) >= 11 is 0. The highest BCUT2D eigenvalue weighted by atomic mass is 16.5. The van der Waals surface area contributed by atoms with Gasteiger partial charge in [0.25, 0.3) is 5.91 Å². The molecule has 0 bridgehead atoms. The summed E-state index contributed by atoms with van der Waals surface area (Å²) in [5.41, 5.74) is 0.611. The average Bonchev–Trinajstić information content (AvgIpc) is 3.17. The zero-order valence-electron chi connectivity index (χ0n) is 14.9. The summed E-state index contributed by atoms with van der Waals surface area (Å²) in [5, 5.41) is 9.07. The molecule has 0 unspecified atom stereocenters. The summed E-state index contributed by atoms with van der Waals surface area (Å²) < 4.78 is 5.10. The van der Waals surface area contributed by atoms with Gasteiger partial charge in [0.05, 0.1) is 13.0 Å². The number of nitrogens with zero attached hydrogens (tertiary/aromatic N) is 2. The molecule has 2 amide bonds. The maximum absolute atomic E-state index is 12.6. The van der Waals surface area contributed by atoms with Crippen molar-refractivity contribution in [3.8, 4) is 5.75 Å². The molecular formula is C19H24N2O5. The van der Waals surface area contributed by atoms with Crippen LogP contribution < -0.4 is 4.74 Å². The Balaban J connectivity index is 1.53. The minimum absolute atomic E-state index is 0.0327. The Morgan fingerprint density at radius 1 is 0.962 bits per heavy atom. The molecular weight excluding hydrogens is 336 g/mol. The predicted octanol–water partition coefficient (Wildman–Crippen LogP) is 1.48.